The zero-order valence-corrected chi connectivity index (χ0v) is 13.1. The van der Waals surface area contributed by atoms with Gasteiger partial charge in [0.15, 0.2) is 0 Å². The summed E-state index contributed by atoms with van der Waals surface area (Å²) in [4.78, 5) is 6.03. The summed E-state index contributed by atoms with van der Waals surface area (Å²) < 4.78 is 5.12. The van der Waals surface area contributed by atoms with Crippen molar-refractivity contribution in [3.8, 4) is 0 Å². The molecule has 4 heteroatoms. The molecule has 0 radical (unpaired) electrons. The number of nitrogens with one attached hydrogen (secondary N) is 1. The molecule has 1 rings (SSSR count). The summed E-state index contributed by atoms with van der Waals surface area (Å²) in [7, 11) is 1.74. The number of nitrogens with zero attached hydrogens (tertiary/aromatic N) is 1. The normalized spacial score (nSPS) is 14.7. The number of hydrogen-bond acceptors (Lipinski definition) is 4. The third kappa shape index (κ3) is 4.34. The van der Waals surface area contributed by atoms with Crippen LogP contribution in [0.4, 0.5) is 0 Å². The van der Waals surface area contributed by atoms with E-state index in [0.29, 0.717) is 12.0 Å². The lowest BCUT2D eigenvalue weighted by atomic mass is 9.97. The minimum atomic E-state index is 0.359. The van der Waals surface area contributed by atoms with Gasteiger partial charge in [0.2, 0.25) is 0 Å². The van der Waals surface area contributed by atoms with Crippen molar-refractivity contribution in [1.29, 1.82) is 0 Å². The molecular weight excluding hydrogens is 244 g/mol. The lowest BCUT2D eigenvalue weighted by Crippen LogP contribution is -2.29. The minimum Gasteiger partial charge on any atom is -0.383 e. The van der Waals surface area contributed by atoms with E-state index >= 15 is 0 Å². The summed E-state index contributed by atoms with van der Waals surface area (Å²) in [6.07, 6.45) is 2.44. The monoisotopic (exact) mass is 270 g/mol. The maximum atomic E-state index is 5.12. The summed E-state index contributed by atoms with van der Waals surface area (Å²) in [6.45, 7) is 10.4. The fraction of sp³-hybridized carbons (Fsp3) is 0.786. The highest BCUT2D eigenvalue weighted by atomic mass is 32.1. The van der Waals surface area contributed by atoms with Gasteiger partial charge < -0.3 is 10.1 Å². The molecule has 0 aromatic carbocycles. The van der Waals surface area contributed by atoms with Gasteiger partial charge in [0.05, 0.1) is 18.3 Å². The first kappa shape index (κ1) is 15.6. The van der Waals surface area contributed by atoms with E-state index in [1.807, 2.05) is 11.3 Å². The van der Waals surface area contributed by atoms with Gasteiger partial charge in [-0.3, -0.25) is 0 Å². The number of rotatable bonds is 8. The standard InChI is InChI=1S/C14H26N2OS/c1-6-7-10(2)13(15-8-9-17-5)14-16-11(3)12(4)18-14/h10,13,15H,6-9H2,1-5H3. The van der Waals surface area contributed by atoms with Crippen molar-refractivity contribution < 1.29 is 4.74 Å². The van der Waals surface area contributed by atoms with Crippen LogP contribution >= 0.6 is 11.3 Å². The molecule has 1 N–H and O–H groups in total. The summed E-state index contributed by atoms with van der Waals surface area (Å²) in [5.74, 6) is 0.608. The van der Waals surface area contributed by atoms with Gasteiger partial charge in [0, 0.05) is 18.5 Å². The van der Waals surface area contributed by atoms with Crippen LogP contribution in [0, 0.1) is 19.8 Å². The molecule has 1 heterocycles. The van der Waals surface area contributed by atoms with E-state index in [9.17, 15) is 0 Å². The Morgan fingerprint density at radius 1 is 1.39 bits per heavy atom. The fourth-order valence-electron chi connectivity index (χ4n) is 2.10. The Balaban J connectivity index is 2.75. The van der Waals surface area contributed by atoms with Crippen LogP contribution < -0.4 is 5.32 Å². The Labute approximate surface area is 115 Å². The molecule has 1 aromatic rings. The van der Waals surface area contributed by atoms with Crippen LogP contribution in [0.25, 0.3) is 0 Å². The van der Waals surface area contributed by atoms with Gasteiger partial charge in [0.25, 0.3) is 0 Å². The number of thiazole rings is 1. The maximum absolute atomic E-state index is 5.12. The quantitative estimate of drug-likeness (QED) is 0.734. The third-order valence-corrected chi connectivity index (χ3v) is 4.45. The molecule has 0 saturated heterocycles. The smallest absolute Gasteiger partial charge is 0.110 e. The first-order valence-electron chi connectivity index (χ1n) is 6.76. The van der Waals surface area contributed by atoms with Crippen molar-refractivity contribution in [2.24, 2.45) is 5.92 Å². The molecule has 0 aliphatic heterocycles. The Kier molecular flexibility index (Phi) is 6.82. The van der Waals surface area contributed by atoms with Crippen LogP contribution in [0.15, 0.2) is 0 Å². The summed E-state index contributed by atoms with van der Waals surface area (Å²) in [5.41, 5.74) is 1.16. The van der Waals surface area contributed by atoms with Crippen LogP contribution in [-0.2, 0) is 4.74 Å². The fourth-order valence-corrected chi connectivity index (χ4v) is 3.23. The number of hydrogen-bond donors (Lipinski definition) is 1. The number of ether oxygens (including phenoxy) is 1. The van der Waals surface area contributed by atoms with Crippen molar-refractivity contribution in [3.63, 3.8) is 0 Å². The number of aromatic nitrogens is 1. The predicted octanol–water partition coefficient (Wildman–Crippen LogP) is 3.47. The Morgan fingerprint density at radius 2 is 2.11 bits per heavy atom. The number of methoxy groups -OCH3 is 1. The summed E-state index contributed by atoms with van der Waals surface area (Å²) in [5, 5.41) is 4.81. The second-order valence-corrected chi connectivity index (χ2v) is 6.12. The van der Waals surface area contributed by atoms with E-state index in [0.717, 1.165) is 18.8 Å². The van der Waals surface area contributed by atoms with Crippen LogP contribution in [0.1, 0.15) is 48.3 Å². The SMILES string of the molecule is CCCC(C)C(NCCOC)c1nc(C)c(C)s1. The average Bonchev–Trinajstić information content (AvgIpc) is 2.65. The first-order valence-corrected chi connectivity index (χ1v) is 7.58. The van der Waals surface area contributed by atoms with E-state index in [2.05, 4.69) is 33.0 Å². The minimum absolute atomic E-state index is 0.359. The van der Waals surface area contributed by atoms with Gasteiger partial charge >= 0.3 is 0 Å². The van der Waals surface area contributed by atoms with E-state index in [4.69, 9.17) is 9.72 Å². The predicted molar refractivity (Wildman–Crippen MR) is 78.3 cm³/mol. The molecule has 0 amide bonds. The second-order valence-electron chi connectivity index (χ2n) is 4.88. The van der Waals surface area contributed by atoms with Gasteiger partial charge in [-0.1, -0.05) is 20.3 Å². The zero-order chi connectivity index (χ0) is 13.5. The van der Waals surface area contributed by atoms with Crippen molar-refractivity contribution in [2.45, 2.75) is 46.6 Å². The van der Waals surface area contributed by atoms with E-state index < -0.39 is 0 Å². The van der Waals surface area contributed by atoms with E-state index in [1.165, 1.54) is 22.7 Å². The molecule has 0 aliphatic rings. The molecule has 3 nitrogen and oxygen atoms in total. The van der Waals surface area contributed by atoms with Gasteiger partial charge in [-0.05, 0) is 26.2 Å². The highest BCUT2D eigenvalue weighted by Crippen LogP contribution is 2.30. The van der Waals surface area contributed by atoms with E-state index in [-0.39, 0.29) is 0 Å². The van der Waals surface area contributed by atoms with Gasteiger partial charge in [0.1, 0.15) is 5.01 Å². The van der Waals surface area contributed by atoms with Crippen LogP contribution in [0.5, 0.6) is 0 Å². The highest BCUT2D eigenvalue weighted by molar-refractivity contribution is 7.11. The first-order chi connectivity index (χ1) is 8.60. The van der Waals surface area contributed by atoms with Crippen molar-refractivity contribution in [2.75, 3.05) is 20.3 Å². The van der Waals surface area contributed by atoms with E-state index in [1.54, 1.807) is 7.11 Å². The molecule has 2 atom stereocenters. The van der Waals surface area contributed by atoms with Gasteiger partial charge in [-0.2, -0.15) is 0 Å². The lowest BCUT2D eigenvalue weighted by molar-refractivity contribution is 0.190. The summed E-state index contributed by atoms with van der Waals surface area (Å²) in [6, 6.07) is 0.359. The van der Waals surface area contributed by atoms with Gasteiger partial charge in [-0.15, -0.1) is 11.3 Å². The Hall–Kier alpha value is -0.450. The van der Waals surface area contributed by atoms with Crippen molar-refractivity contribution >= 4 is 11.3 Å². The van der Waals surface area contributed by atoms with Crippen LogP contribution in [0.2, 0.25) is 0 Å². The largest absolute Gasteiger partial charge is 0.383 e. The molecule has 104 valence electrons. The molecule has 1 aromatic heterocycles. The molecule has 0 fully saturated rings. The average molecular weight is 270 g/mol. The Morgan fingerprint density at radius 3 is 2.61 bits per heavy atom. The molecule has 0 saturated carbocycles. The third-order valence-electron chi connectivity index (χ3n) is 3.29. The molecule has 0 bridgehead atoms. The van der Waals surface area contributed by atoms with Crippen LogP contribution in [0.3, 0.4) is 0 Å². The molecular formula is C14H26N2OS. The molecule has 18 heavy (non-hydrogen) atoms. The topological polar surface area (TPSA) is 34.1 Å². The van der Waals surface area contributed by atoms with Crippen molar-refractivity contribution in [3.05, 3.63) is 15.6 Å². The summed E-state index contributed by atoms with van der Waals surface area (Å²) >= 11 is 1.82. The number of aryl methyl sites for hydroxylation is 2. The molecule has 0 aliphatic carbocycles. The highest BCUT2D eigenvalue weighted by Gasteiger charge is 2.21. The maximum Gasteiger partial charge on any atom is 0.110 e. The van der Waals surface area contributed by atoms with Crippen LogP contribution in [-0.4, -0.2) is 25.2 Å². The Bertz CT molecular complexity index is 332. The second kappa shape index (κ2) is 7.87. The zero-order valence-electron chi connectivity index (χ0n) is 12.2. The van der Waals surface area contributed by atoms with Crippen molar-refractivity contribution in [1.82, 2.24) is 10.3 Å². The molecule has 2 unspecified atom stereocenters. The van der Waals surface area contributed by atoms with Gasteiger partial charge in [-0.25, -0.2) is 4.98 Å². The molecule has 0 spiro atoms. The lowest BCUT2D eigenvalue weighted by Gasteiger charge is -2.23.